The number of anilines is 1. The van der Waals surface area contributed by atoms with Gasteiger partial charge in [-0.2, -0.15) is 0 Å². The van der Waals surface area contributed by atoms with Crippen molar-refractivity contribution in [1.82, 2.24) is 4.98 Å². The van der Waals surface area contributed by atoms with Crippen LogP contribution in [0.4, 0.5) is 5.69 Å². The first-order chi connectivity index (χ1) is 9.56. The van der Waals surface area contributed by atoms with Crippen LogP contribution in [0.1, 0.15) is 47.1 Å². The predicted octanol–water partition coefficient (Wildman–Crippen LogP) is 3.67. The Hall–Kier alpha value is -2.10. The Balaban J connectivity index is 2.34. The maximum Gasteiger partial charge on any atom is 0.293 e. The molecular weight excluding hydrogens is 252 g/mol. The minimum Gasteiger partial charge on any atom is -0.436 e. The molecule has 1 N–H and O–H groups in total. The minimum atomic E-state index is -0.237. The molecule has 0 spiro atoms. The lowest BCUT2D eigenvalue weighted by Gasteiger charge is -2.13. The smallest absolute Gasteiger partial charge is 0.293 e. The summed E-state index contributed by atoms with van der Waals surface area (Å²) in [5, 5.41) is 2.98. The molecule has 0 aliphatic rings. The van der Waals surface area contributed by atoms with E-state index in [-0.39, 0.29) is 11.7 Å². The van der Waals surface area contributed by atoms with Crippen LogP contribution in [0, 0.1) is 13.8 Å². The molecule has 4 heteroatoms. The molecule has 2 rings (SSSR count). The molecule has 2 aromatic rings. The highest BCUT2D eigenvalue weighted by molar-refractivity contribution is 6.03. The summed E-state index contributed by atoms with van der Waals surface area (Å²) in [6.07, 6.45) is 1.75. The third-order valence-corrected chi connectivity index (χ3v) is 3.35. The topological polar surface area (TPSA) is 55.1 Å². The van der Waals surface area contributed by atoms with Gasteiger partial charge in [0.2, 0.25) is 5.76 Å². The van der Waals surface area contributed by atoms with Gasteiger partial charge in [-0.15, -0.1) is 0 Å². The molecule has 4 nitrogen and oxygen atoms in total. The third kappa shape index (κ3) is 2.74. The normalized spacial score (nSPS) is 10.6. The second-order valence-electron chi connectivity index (χ2n) is 4.76. The van der Waals surface area contributed by atoms with Crippen LogP contribution in [-0.2, 0) is 12.8 Å². The highest BCUT2D eigenvalue weighted by Gasteiger charge is 2.18. The monoisotopic (exact) mass is 272 g/mol. The summed E-state index contributed by atoms with van der Waals surface area (Å²) in [5.41, 5.74) is 3.78. The highest BCUT2D eigenvalue weighted by Crippen LogP contribution is 2.24. The molecule has 1 heterocycles. The van der Waals surface area contributed by atoms with Crippen LogP contribution in [0.2, 0.25) is 0 Å². The van der Waals surface area contributed by atoms with E-state index >= 15 is 0 Å². The minimum absolute atomic E-state index is 0.237. The fourth-order valence-electron chi connectivity index (χ4n) is 2.32. The van der Waals surface area contributed by atoms with Gasteiger partial charge >= 0.3 is 0 Å². The molecule has 0 aliphatic carbocycles. The lowest BCUT2D eigenvalue weighted by molar-refractivity contribution is 0.0994. The molecule has 1 aromatic heterocycles. The van der Waals surface area contributed by atoms with Gasteiger partial charge in [0.05, 0.1) is 5.69 Å². The van der Waals surface area contributed by atoms with Crippen molar-refractivity contribution in [1.29, 1.82) is 0 Å². The van der Waals surface area contributed by atoms with Crippen molar-refractivity contribution in [3.05, 3.63) is 46.7 Å². The van der Waals surface area contributed by atoms with Crippen LogP contribution >= 0.6 is 0 Å². The zero-order valence-electron chi connectivity index (χ0n) is 12.4. The number of nitrogens with zero attached hydrogens (tertiary/aromatic N) is 1. The van der Waals surface area contributed by atoms with Gasteiger partial charge in [-0.25, -0.2) is 4.98 Å². The number of carbonyl (C=O) groups excluding carboxylic acids is 1. The van der Waals surface area contributed by atoms with E-state index in [1.165, 1.54) is 0 Å². The Kier molecular flexibility index (Phi) is 4.23. The molecule has 20 heavy (non-hydrogen) atoms. The van der Waals surface area contributed by atoms with Gasteiger partial charge in [0.25, 0.3) is 5.91 Å². The van der Waals surface area contributed by atoms with Crippen molar-refractivity contribution >= 4 is 11.6 Å². The number of nitrogens with one attached hydrogen (secondary N) is 1. The van der Waals surface area contributed by atoms with Crippen molar-refractivity contribution in [2.45, 2.75) is 40.5 Å². The molecule has 0 atom stereocenters. The number of amides is 1. The van der Waals surface area contributed by atoms with Crippen molar-refractivity contribution in [3.63, 3.8) is 0 Å². The van der Waals surface area contributed by atoms with Gasteiger partial charge in [0, 0.05) is 12.6 Å². The van der Waals surface area contributed by atoms with E-state index < -0.39 is 0 Å². The van der Waals surface area contributed by atoms with E-state index in [2.05, 4.69) is 24.1 Å². The van der Waals surface area contributed by atoms with Gasteiger partial charge in [-0.3, -0.25) is 4.79 Å². The van der Waals surface area contributed by atoms with Crippen LogP contribution in [0.15, 0.2) is 22.6 Å². The van der Waals surface area contributed by atoms with Crippen LogP contribution in [-0.4, -0.2) is 10.9 Å². The van der Waals surface area contributed by atoms with Crippen LogP contribution in [0.3, 0.4) is 0 Å². The van der Waals surface area contributed by atoms with E-state index in [0.29, 0.717) is 11.6 Å². The summed E-state index contributed by atoms with van der Waals surface area (Å²) in [6, 6.07) is 6.09. The Morgan fingerprint density at radius 1 is 1.20 bits per heavy atom. The Bertz CT molecular complexity index is 607. The van der Waals surface area contributed by atoms with E-state index in [1.807, 2.05) is 18.2 Å². The number of benzene rings is 1. The van der Waals surface area contributed by atoms with Crippen molar-refractivity contribution in [2.75, 3.05) is 5.32 Å². The first kappa shape index (κ1) is 14.3. The first-order valence-electron chi connectivity index (χ1n) is 6.92. The average Bonchev–Trinajstić information content (AvgIpc) is 2.78. The Morgan fingerprint density at radius 3 is 2.25 bits per heavy atom. The average molecular weight is 272 g/mol. The summed E-state index contributed by atoms with van der Waals surface area (Å²) < 4.78 is 5.37. The number of aryl methyl sites for hydroxylation is 4. The number of oxazole rings is 1. The fraction of sp³-hybridized carbons (Fsp3) is 0.375. The summed E-state index contributed by atoms with van der Waals surface area (Å²) in [5.74, 6) is 0.557. The number of hydrogen-bond donors (Lipinski definition) is 1. The summed E-state index contributed by atoms with van der Waals surface area (Å²) in [4.78, 5) is 16.5. The predicted molar refractivity (Wildman–Crippen MR) is 79.1 cm³/mol. The lowest BCUT2D eigenvalue weighted by atomic mass is 10.0. The lowest BCUT2D eigenvalue weighted by Crippen LogP contribution is -2.15. The molecule has 1 amide bonds. The maximum atomic E-state index is 12.3. The van der Waals surface area contributed by atoms with Crippen molar-refractivity contribution < 1.29 is 9.21 Å². The third-order valence-electron chi connectivity index (χ3n) is 3.35. The Labute approximate surface area is 119 Å². The second-order valence-corrected chi connectivity index (χ2v) is 4.76. The molecule has 1 aromatic carbocycles. The van der Waals surface area contributed by atoms with E-state index in [1.54, 1.807) is 13.8 Å². The second kappa shape index (κ2) is 5.90. The molecule has 0 bridgehead atoms. The molecule has 106 valence electrons. The molecule has 0 unspecified atom stereocenters. The number of aromatic nitrogens is 1. The maximum absolute atomic E-state index is 12.3. The number of rotatable bonds is 4. The van der Waals surface area contributed by atoms with Crippen LogP contribution in [0.5, 0.6) is 0 Å². The van der Waals surface area contributed by atoms with Crippen molar-refractivity contribution in [2.24, 2.45) is 0 Å². The molecule has 0 aliphatic heterocycles. The van der Waals surface area contributed by atoms with Gasteiger partial charge in [0.15, 0.2) is 5.89 Å². The summed E-state index contributed by atoms with van der Waals surface area (Å²) in [6.45, 7) is 7.67. The van der Waals surface area contributed by atoms with E-state index in [0.717, 1.165) is 29.7 Å². The van der Waals surface area contributed by atoms with E-state index in [9.17, 15) is 4.79 Å². The summed E-state index contributed by atoms with van der Waals surface area (Å²) in [7, 11) is 0. The largest absolute Gasteiger partial charge is 0.436 e. The molecule has 0 radical (unpaired) electrons. The molecule has 0 fully saturated rings. The number of para-hydroxylation sites is 1. The Morgan fingerprint density at radius 2 is 1.80 bits per heavy atom. The molecular formula is C16H20N2O2. The summed E-state index contributed by atoms with van der Waals surface area (Å²) >= 11 is 0. The zero-order chi connectivity index (χ0) is 14.7. The number of hydrogen-bond acceptors (Lipinski definition) is 3. The highest BCUT2D eigenvalue weighted by atomic mass is 16.4. The zero-order valence-corrected chi connectivity index (χ0v) is 12.4. The van der Waals surface area contributed by atoms with Crippen LogP contribution in [0.25, 0.3) is 0 Å². The quantitative estimate of drug-likeness (QED) is 0.924. The SMILES string of the molecule is CCc1cccc(CC)c1NC(=O)c1oc(C)nc1C. The number of carbonyl (C=O) groups is 1. The van der Waals surface area contributed by atoms with Gasteiger partial charge in [-0.05, 0) is 30.9 Å². The van der Waals surface area contributed by atoms with E-state index in [4.69, 9.17) is 4.42 Å². The van der Waals surface area contributed by atoms with Gasteiger partial charge < -0.3 is 9.73 Å². The first-order valence-corrected chi connectivity index (χ1v) is 6.92. The molecule has 0 saturated carbocycles. The van der Waals surface area contributed by atoms with Crippen LogP contribution < -0.4 is 5.32 Å². The molecule has 0 saturated heterocycles. The fourth-order valence-corrected chi connectivity index (χ4v) is 2.32. The van der Waals surface area contributed by atoms with Gasteiger partial charge in [0.1, 0.15) is 0 Å². The standard InChI is InChI=1S/C16H20N2O2/c1-5-12-8-7-9-13(6-2)14(12)18-16(19)15-10(3)17-11(4)20-15/h7-9H,5-6H2,1-4H3,(H,18,19). The van der Waals surface area contributed by atoms with Gasteiger partial charge in [-0.1, -0.05) is 32.0 Å². The van der Waals surface area contributed by atoms with Crippen molar-refractivity contribution in [3.8, 4) is 0 Å².